The summed E-state index contributed by atoms with van der Waals surface area (Å²) in [6.07, 6.45) is 5.05. The summed E-state index contributed by atoms with van der Waals surface area (Å²) in [5, 5.41) is 13.1. The third-order valence-electron chi connectivity index (χ3n) is 3.79. The fourth-order valence-corrected chi connectivity index (χ4v) is 2.43. The van der Waals surface area contributed by atoms with Gasteiger partial charge in [-0.15, -0.1) is 0 Å². The van der Waals surface area contributed by atoms with Gasteiger partial charge in [0.2, 0.25) is 5.91 Å². The van der Waals surface area contributed by atoms with E-state index in [9.17, 15) is 4.79 Å². The van der Waals surface area contributed by atoms with E-state index >= 15 is 0 Å². The minimum atomic E-state index is -0.0316. The molecule has 1 aromatic rings. The van der Waals surface area contributed by atoms with Crippen LogP contribution in [0.4, 0.5) is 0 Å². The van der Waals surface area contributed by atoms with Crippen molar-refractivity contribution in [3.05, 3.63) is 17.5 Å². The average molecular weight is 250 g/mol. The second-order valence-corrected chi connectivity index (χ2v) is 5.04. The Kier molecular flexibility index (Phi) is 4.36. The number of hydrogen-bond acceptors (Lipinski definition) is 3. The molecule has 2 heterocycles. The van der Waals surface area contributed by atoms with Crippen LogP contribution >= 0.6 is 0 Å². The van der Waals surface area contributed by atoms with Crippen molar-refractivity contribution in [3.63, 3.8) is 0 Å². The maximum Gasteiger partial charge on any atom is 0.237 e. The van der Waals surface area contributed by atoms with Crippen molar-refractivity contribution in [1.29, 1.82) is 0 Å². The summed E-state index contributed by atoms with van der Waals surface area (Å²) in [5.41, 5.74) is 2.06. The Hall–Kier alpha value is -1.36. The molecule has 18 heavy (non-hydrogen) atoms. The molecule has 0 aromatic carbocycles. The van der Waals surface area contributed by atoms with Gasteiger partial charge in [-0.25, -0.2) is 0 Å². The molecule has 2 rings (SSSR count). The Balaban J connectivity index is 1.82. The van der Waals surface area contributed by atoms with Crippen LogP contribution < -0.4 is 10.6 Å². The van der Waals surface area contributed by atoms with Crippen LogP contribution in [0.15, 0.2) is 6.20 Å². The van der Waals surface area contributed by atoms with Gasteiger partial charge in [0, 0.05) is 17.8 Å². The lowest BCUT2D eigenvalue weighted by molar-refractivity contribution is -0.124. The highest BCUT2D eigenvalue weighted by Crippen LogP contribution is 2.19. The molecule has 0 spiro atoms. The van der Waals surface area contributed by atoms with Crippen molar-refractivity contribution in [2.45, 2.75) is 45.7 Å². The minimum Gasteiger partial charge on any atom is -0.351 e. The molecule has 1 aromatic heterocycles. The number of aromatic amines is 1. The first-order valence-electron chi connectivity index (χ1n) is 6.70. The molecular weight excluding hydrogens is 228 g/mol. The summed E-state index contributed by atoms with van der Waals surface area (Å²) in [7, 11) is 0. The molecule has 0 aliphatic carbocycles. The number of carbonyl (C=O) groups excluding carboxylic acids is 1. The molecule has 0 bridgehead atoms. The second-order valence-electron chi connectivity index (χ2n) is 5.04. The summed E-state index contributed by atoms with van der Waals surface area (Å²) < 4.78 is 0. The van der Waals surface area contributed by atoms with Crippen molar-refractivity contribution in [3.8, 4) is 0 Å². The molecule has 1 fully saturated rings. The molecule has 100 valence electrons. The van der Waals surface area contributed by atoms with E-state index in [4.69, 9.17) is 0 Å². The van der Waals surface area contributed by atoms with Crippen LogP contribution in [0.1, 0.15) is 37.4 Å². The predicted octanol–water partition coefficient (Wildman–Crippen LogP) is 1.11. The predicted molar refractivity (Wildman–Crippen MR) is 70.0 cm³/mol. The molecule has 2 unspecified atom stereocenters. The van der Waals surface area contributed by atoms with Crippen LogP contribution in [0.25, 0.3) is 0 Å². The number of aromatic nitrogens is 2. The Morgan fingerprint density at radius 1 is 1.61 bits per heavy atom. The van der Waals surface area contributed by atoms with Crippen molar-refractivity contribution in [2.24, 2.45) is 5.92 Å². The second kappa shape index (κ2) is 6.00. The first-order valence-corrected chi connectivity index (χ1v) is 6.70. The van der Waals surface area contributed by atoms with Crippen molar-refractivity contribution in [1.82, 2.24) is 20.8 Å². The van der Waals surface area contributed by atoms with Gasteiger partial charge in [-0.05, 0) is 32.2 Å². The van der Waals surface area contributed by atoms with Gasteiger partial charge in [-0.3, -0.25) is 9.89 Å². The highest BCUT2D eigenvalue weighted by Gasteiger charge is 2.25. The molecule has 0 saturated carbocycles. The monoisotopic (exact) mass is 250 g/mol. The van der Waals surface area contributed by atoms with Crippen molar-refractivity contribution < 1.29 is 4.79 Å². The van der Waals surface area contributed by atoms with Crippen LogP contribution in [0.2, 0.25) is 0 Å². The zero-order chi connectivity index (χ0) is 13.0. The van der Waals surface area contributed by atoms with Crippen LogP contribution in [-0.2, 0) is 11.3 Å². The number of H-pyrrole nitrogens is 1. The maximum atomic E-state index is 12.1. The molecule has 1 amide bonds. The summed E-state index contributed by atoms with van der Waals surface area (Å²) in [6.45, 7) is 5.65. The summed E-state index contributed by atoms with van der Waals surface area (Å²) in [4.78, 5) is 12.1. The van der Waals surface area contributed by atoms with E-state index < -0.39 is 0 Å². The zero-order valence-electron chi connectivity index (χ0n) is 11.1. The van der Waals surface area contributed by atoms with Crippen molar-refractivity contribution in [2.75, 3.05) is 6.54 Å². The topological polar surface area (TPSA) is 69.8 Å². The normalized spacial score (nSPS) is 23.9. The number of hydrogen-bond donors (Lipinski definition) is 3. The number of carbonyl (C=O) groups is 1. The van der Waals surface area contributed by atoms with Gasteiger partial charge >= 0.3 is 0 Å². The van der Waals surface area contributed by atoms with E-state index in [0.717, 1.165) is 30.6 Å². The molecule has 5 heteroatoms. The van der Waals surface area contributed by atoms with Crippen molar-refractivity contribution >= 4 is 5.91 Å². The smallest absolute Gasteiger partial charge is 0.237 e. The molecule has 1 aliphatic rings. The Morgan fingerprint density at radius 2 is 2.44 bits per heavy atom. The highest BCUT2D eigenvalue weighted by molar-refractivity contribution is 5.81. The molecule has 1 saturated heterocycles. The number of amides is 1. The van der Waals surface area contributed by atoms with Gasteiger partial charge in [-0.2, -0.15) is 5.10 Å². The van der Waals surface area contributed by atoms with E-state index in [1.54, 1.807) is 6.20 Å². The van der Waals surface area contributed by atoms with Gasteiger partial charge in [0.25, 0.3) is 0 Å². The van der Waals surface area contributed by atoms with Gasteiger partial charge in [0.05, 0.1) is 12.2 Å². The van der Waals surface area contributed by atoms with Gasteiger partial charge < -0.3 is 10.6 Å². The fraction of sp³-hybridized carbons (Fsp3) is 0.692. The Labute approximate surface area is 108 Å². The van der Waals surface area contributed by atoms with E-state index in [-0.39, 0.29) is 11.9 Å². The molecule has 5 nitrogen and oxygen atoms in total. The lowest BCUT2D eigenvalue weighted by atomic mass is 9.90. The standard InChI is InChI=1S/C13H22N4O/c1-3-10-4-5-14-12(6-10)13(18)15-7-11-8-16-17-9(11)2/h8,10,12,14H,3-7H2,1-2H3,(H,15,18)(H,16,17). The van der Waals surface area contributed by atoms with Crippen LogP contribution in [-0.4, -0.2) is 28.7 Å². The molecule has 2 atom stereocenters. The Morgan fingerprint density at radius 3 is 3.11 bits per heavy atom. The van der Waals surface area contributed by atoms with E-state index in [1.165, 1.54) is 6.42 Å². The van der Waals surface area contributed by atoms with Gasteiger partial charge in [0.1, 0.15) is 0 Å². The number of nitrogens with zero attached hydrogens (tertiary/aromatic N) is 1. The van der Waals surface area contributed by atoms with Crippen LogP contribution in [0.5, 0.6) is 0 Å². The summed E-state index contributed by atoms with van der Waals surface area (Å²) in [5.74, 6) is 0.784. The number of nitrogens with one attached hydrogen (secondary N) is 3. The van der Waals surface area contributed by atoms with E-state index in [2.05, 4.69) is 27.8 Å². The largest absolute Gasteiger partial charge is 0.351 e. The van der Waals surface area contributed by atoms with E-state index in [1.807, 2.05) is 6.92 Å². The summed E-state index contributed by atoms with van der Waals surface area (Å²) in [6, 6.07) is -0.0316. The number of aryl methyl sites for hydroxylation is 1. The fourth-order valence-electron chi connectivity index (χ4n) is 2.43. The molecule has 3 N–H and O–H groups in total. The molecular formula is C13H22N4O. The number of piperidine rings is 1. The Bertz CT molecular complexity index is 401. The number of rotatable bonds is 4. The summed E-state index contributed by atoms with van der Waals surface area (Å²) >= 11 is 0. The third-order valence-corrected chi connectivity index (χ3v) is 3.79. The quantitative estimate of drug-likeness (QED) is 0.750. The minimum absolute atomic E-state index is 0.0316. The van der Waals surface area contributed by atoms with Crippen LogP contribution in [0, 0.1) is 12.8 Å². The van der Waals surface area contributed by atoms with Gasteiger partial charge in [0.15, 0.2) is 0 Å². The average Bonchev–Trinajstić information content (AvgIpc) is 2.81. The maximum absolute atomic E-state index is 12.1. The highest BCUT2D eigenvalue weighted by atomic mass is 16.2. The third kappa shape index (κ3) is 3.10. The SMILES string of the molecule is CCC1CCNC(C(=O)NCc2cn[nH]c2C)C1. The molecule has 0 radical (unpaired) electrons. The van der Waals surface area contributed by atoms with Gasteiger partial charge in [-0.1, -0.05) is 13.3 Å². The first kappa shape index (κ1) is 13.1. The lowest BCUT2D eigenvalue weighted by Crippen LogP contribution is -2.48. The molecule has 1 aliphatic heterocycles. The van der Waals surface area contributed by atoms with E-state index in [0.29, 0.717) is 12.5 Å². The lowest BCUT2D eigenvalue weighted by Gasteiger charge is -2.28. The first-order chi connectivity index (χ1) is 8.70. The zero-order valence-corrected chi connectivity index (χ0v) is 11.1. The van der Waals surface area contributed by atoms with Crippen LogP contribution in [0.3, 0.4) is 0 Å².